The first-order valence-corrected chi connectivity index (χ1v) is 9.95. The van der Waals surface area contributed by atoms with Crippen molar-refractivity contribution in [2.75, 3.05) is 13.7 Å². The van der Waals surface area contributed by atoms with E-state index in [9.17, 15) is 18.0 Å². The van der Waals surface area contributed by atoms with E-state index in [4.69, 9.17) is 4.74 Å². The van der Waals surface area contributed by atoms with Gasteiger partial charge < -0.3 is 10.1 Å². The Balaban J connectivity index is 2.12. The number of amides is 2. The van der Waals surface area contributed by atoms with Crippen LogP contribution in [0.2, 0.25) is 0 Å². The molecular formula is C19H22N2O5S. The van der Waals surface area contributed by atoms with Crippen LogP contribution in [0.3, 0.4) is 0 Å². The van der Waals surface area contributed by atoms with Crippen molar-refractivity contribution in [3.05, 3.63) is 59.7 Å². The average molecular weight is 390 g/mol. The summed E-state index contributed by atoms with van der Waals surface area (Å²) in [5.41, 5.74) is 0.455. The Morgan fingerprint density at radius 2 is 1.67 bits per heavy atom. The number of carbonyl (C=O) groups excluding carboxylic acids is 2. The van der Waals surface area contributed by atoms with E-state index in [-0.39, 0.29) is 22.1 Å². The van der Waals surface area contributed by atoms with Gasteiger partial charge in [0.1, 0.15) is 5.75 Å². The first-order chi connectivity index (χ1) is 12.9. The zero-order valence-corrected chi connectivity index (χ0v) is 16.0. The molecule has 0 bridgehead atoms. The van der Waals surface area contributed by atoms with E-state index >= 15 is 0 Å². The van der Waals surface area contributed by atoms with Gasteiger partial charge in [-0.1, -0.05) is 25.5 Å². The molecular weight excluding hydrogens is 368 g/mol. The van der Waals surface area contributed by atoms with Crippen LogP contribution in [-0.4, -0.2) is 33.9 Å². The van der Waals surface area contributed by atoms with Crippen molar-refractivity contribution in [1.82, 2.24) is 10.0 Å². The van der Waals surface area contributed by atoms with Gasteiger partial charge in [-0.15, -0.1) is 0 Å². The Bertz CT molecular complexity index is 908. The van der Waals surface area contributed by atoms with E-state index in [2.05, 4.69) is 5.32 Å². The lowest BCUT2D eigenvalue weighted by molar-refractivity contribution is 0.0950. The highest BCUT2D eigenvalue weighted by Gasteiger charge is 2.21. The van der Waals surface area contributed by atoms with Gasteiger partial charge in [-0.05, 0) is 42.8 Å². The molecule has 2 amide bonds. The van der Waals surface area contributed by atoms with Crippen molar-refractivity contribution in [1.29, 1.82) is 0 Å². The maximum Gasteiger partial charge on any atom is 0.268 e. The van der Waals surface area contributed by atoms with Gasteiger partial charge in [0.25, 0.3) is 21.8 Å². The fourth-order valence-electron chi connectivity index (χ4n) is 2.33. The van der Waals surface area contributed by atoms with Crippen molar-refractivity contribution in [2.45, 2.75) is 24.7 Å². The van der Waals surface area contributed by atoms with Crippen molar-refractivity contribution in [3.8, 4) is 5.75 Å². The van der Waals surface area contributed by atoms with E-state index in [0.29, 0.717) is 12.1 Å². The van der Waals surface area contributed by atoms with Crippen molar-refractivity contribution in [3.63, 3.8) is 0 Å². The molecule has 0 saturated heterocycles. The highest BCUT2D eigenvalue weighted by atomic mass is 32.2. The molecule has 2 aromatic rings. The van der Waals surface area contributed by atoms with Gasteiger partial charge in [-0.2, -0.15) is 0 Å². The molecule has 2 aromatic carbocycles. The molecule has 0 spiro atoms. The quantitative estimate of drug-likeness (QED) is 0.674. The number of nitrogens with one attached hydrogen (secondary N) is 2. The summed E-state index contributed by atoms with van der Waals surface area (Å²) in [4.78, 5) is 24.2. The van der Waals surface area contributed by atoms with Gasteiger partial charge in [0.2, 0.25) is 0 Å². The number of methoxy groups -OCH3 is 1. The Labute approximate surface area is 158 Å². The molecule has 0 saturated carbocycles. The summed E-state index contributed by atoms with van der Waals surface area (Å²) in [6, 6.07) is 11.7. The molecule has 0 aliphatic heterocycles. The fraction of sp³-hybridized carbons (Fsp3) is 0.263. The molecule has 8 heteroatoms. The first-order valence-electron chi connectivity index (χ1n) is 8.47. The monoisotopic (exact) mass is 390 g/mol. The zero-order valence-electron chi connectivity index (χ0n) is 15.2. The van der Waals surface area contributed by atoms with Crippen LogP contribution in [0.1, 0.15) is 40.5 Å². The lowest BCUT2D eigenvalue weighted by atomic mass is 10.2. The van der Waals surface area contributed by atoms with Crippen LogP contribution >= 0.6 is 0 Å². The third-order valence-corrected chi connectivity index (χ3v) is 5.17. The molecule has 144 valence electrons. The third kappa shape index (κ3) is 5.30. The minimum atomic E-state index is -4.08. The molecule has 27 heavy (non-hydrogen) atoms. The Hall–Kier alpha value is -2.87. The molecule has 7 nitrogen and oxygen atoms in total. The second-order valence-electron chi connectivity index (χ2n) is 5.77. The minimum Gasteiger partial charge on any atom is -0.496 e. The highest BCUT2D eigenvalue weighted by molar-refractivity contribution is 7.90. The molecule has 0 radical (unpaired) electrons. The second kappa shape index (κ2) is 9.18. The summed E-state index contributed by atoms with van der Waals surface area (Å²) in [6.07, 6.45) is 1.83. The number of ether oxygens (including phenoxy) is 1. The predicted octanol–water partition coefficient (Wildman–Crippen LogP) is 2.34. The Kier molecular flexibility index (Phi) is 6.95. The van der Waals surface area contributed by atoms with Crippen LogP contribution in [0.25, 0.3) is 0 Å². The molecule has 0 atom stereocenters. The standard InChI is InChI=1S/C19H22N2O5S/c1-3-4-13-20-18(22)14-9-11-15(12-10-14)27(24,25)21-19(23)16-7-5-6-8-17(16)26-2/h5-12H,3-4,13H2,1-2H3,(H,20,22)(H,21,23). The van der Waals surface area contributed by atoms with Gasteiger partial charge in [0, 0.05) is 12.1 Å². The normalized spacial score (nSPS) is 10.9. The SMILES string of the molecule is CCCCNC(=O)c1ccc(S(=O)(=O)NC(=O)c2ccccc2OC)cc1. The molecule has 0 fully saturated rings. The van der Waals surface area contributed by atoms with Crippen molar-refractivity contribution in [2.24, 2.45) is 0 Å². The number of para-hydroxylation sites is 1. The molecule has 0 unspecified atom stereocenters. The fourth-order valence-corrected chi connectivity index (χ4v) is 3.30. The van der Waals surface area contributed by atoms with E-state index in [1.807, 2.05) is 11.6 Å². The Morgan fingerprint density at radius 1 is 1.00 bits per heavy atom. The molecule has 0 aromatic heterocycles. The highest BCUT2D eigenvalue weighted by Crippen LogP contribution is 2.18. The van der Waals surface area contributed by atoms with Crippen LogP contribution in [-0.2, 0) is 10.0 Å². The maximum absolute atomic E-state index is 12.4. The molecule has 0 aliphatic carbocycles. The van der Waals surface area contributed by atoms with Crippen LogP contribution < -0.4 is 14.8 Å². The number of hydrogen-bond acceptors (Lipinski definition) is 5. The number of rotatable bonds is 8. The summed E-state index contributed by atoms with van der Waals surface area (Å²) >= 11 is 0. The number of unbranched alkanes of at least 4 members (excludes halogenated alkanes) is 1. The Morgan fingerprint density at radius 3 is 2.30 bits per heavy atom. The van der Waals surface area contributed by atoms with Crippen LogP contribution in [0, 0.1) is 0 Å². The number of sulfonamides is 1. The average Bonchev–Trinajstić information content (AvgIpc) is 2.67. The van der Waals surface area contributed by atoms with E-state index in [1.165, 1.54) is 37.4 Å². The summed E-state index contributed by atoms with van der Waals surface area (Å²) in [6.45, 7) is 2.58. The first kappa shape index (κ1) is 20.4. The van der Waals surface area contributed by atoms with E-state index in [0.717, 1.165) is 12.8 Å². The second-order valence-corrected chi connectivity index (χ2v) is 7.45. The van der Waals surface area contributed by atoms with Crippen LogP contribution in [0.4, 0.5) is 0 Å². The summed E-state index contributed by atoms with van der Waals surface area (Å²) < 4.78 is 31.9. The van der Waals surface area contributed by atoms with Gasteiger partial charge in [-0.25, -0.2) is 13.1 Å². The number of benzene rings is 2. The molecule has 2 rings (SSSR count). The van der Waals surface area contributed by atoms with Crippen LogP contribution in [0.5, 0.6) is 5.75 Å². The number of hydrogen-bond donors (Lipinski definition) is 2. The lowest BCUT2D eigenvalue weighted by Crippen LogP contribution is -2.31. The largest absolute Gasteiger partial charge is 0.496 e. The van der Waals surface area contributed by atoms with E-state index < -0.39 is 15.9 Å². The lowest BCUT2D eigenvalue weighted by Gasteiger charge is -2.10. The van der Waals surface area contributed by atoms with Gasteiger partial charge in [0.05, 0.1) is 17.6 Å². The molecule has 0 heterocycles. The molecule has 2 N–H and O–H groups in total. The third-order valence-electron chi connectivity index (χ3n) is 3.82. The topological polar surface area (TPSA) is 102 Å². The number of carbonyl (C=O) groups is 2. The maximum atomic E-state index is 12.4. The summed E-state index contributed by atoms with van der Waals surface area (Å²) in [5, 5.41) is 2.75. The van der Waals surface area contributed by atoms with E-state index in [1.54, 1.807) is 18.2 Å². The van der Waals surface area contributed by atoms with Crippen molar-refractivity contribution < 1.29 is 22.7 Å². The van der Waals surface area contributed by atoms with Crippen molar-refractivity contribution >= 4 is 21.8 Å². The molecule has 0 aliphatic rings. The summed E-state index contributed by atoms with van der Waals surface area (Å²) in [7, 11) is -2.69. The zero-order chi connectivity index (χ0) is 19.9. The van der Waals surface area contributed by atoms with Gasteiger partial charge in [-0.3, -0.25) is 9.59 Å². The smallest absolute Gasteiger partial charge is 0.268 e. The van der Waals surface area contributed by atoms with Gasteiger partial charge >= 0.3 is 0 Å². The van der Waals surface area contributed by atoms with Gasteiger partial charge in [0.15, 0.2) is 0 Å². The summed E-state index contributed by atoms with van der Waals surface area (Å²) in [5.74, 6) is -0.802. The minimum absolute atomic E-state index is 0.107. The predicted molar refractivity (Wildman–Crippen MR) is 101 cm³/mol. The van der Waals surface area contributed by atoms with Crippen LogP contribution in [0.15, 0.2) is 53.4 Å².